The van der Waals surface area contributed by atoms with Crippen molar-refractivity contribution < 1.29 is 4.79 Å². The van der Waals surface area contributed by atoms with Gasteiger partial charge in [0, 0.05) is 5.02 Å². The maximum absolute atomic E-state index is 11.7. The van der Waals surface area contributed by atoms with Crippen molar-refractivity contribution >= 4 is 17.5 Å². The minimum atomic E-state index is -0.629. The van der Waals surface area contributed by atoms with Gasteiger partial charge < -0.3 is 11.1 Å². The van der Waals surface area contributed by atoms with Crippen LogP contribution in [0.2, 0.25) is 5.02 Å². The molecular formula is C12H15ClN2O. The van der Waals surface area contributed by atoms with E-state index in [1.54, 1.807) is 0 Å². The number of benzene rings is 1. The molecule has 1 aromatic rings. The fraction of sp³-hybridized carbons (Fsp3) is 0.417. The normalized spacial score (nSPS) is 18.9. The van der Waals surface area contributed by atoms with Gasteiger partial charge in [-0.3, -0.25) is 4.79 Å². The molecule has 86 valence electrons. The quantitative estimate of drug-likeness (QED) is 0.847. The Morgan fingerprint density at radius 1 is 1.50 bits per heavy atom. The van der Waals surface area contributed by atoms with Crippen LogP contribution in [0.4, 0.5) is 0 Å². The monoisotopic (exact) mass is 238 g/mol. The molecule has 1 aliphatic rings. The molecule has 0 aromatic heterocycles. The van der Waals surface area contributed by atoms with Crippen molar-refractivity contribution in [1.82, 2.24) is 5.32 Å². The molecule has 2 rings (SSSR count). The molecule has 1 fully saturated rings. The summed E-state index contributed by atoms with van der Waals surface area (Å²) in [6.45, 7) is 1.91. The smallest absolute Gasteiger partial charge is 0.240 e. The van der Waals surface area contributed by atoms with Crippen molar-refractivity contribution in [1.29, 1.82) is 0 Å². The molecule has 1 saturated carbocycles. The average molecular weight is 239 g/mol. The van der Waals surface area contributed by atoms with Gasteiger partial charge in [0.05, 0.1) is 11.6 Å². The van der Waals surface area contributed by atoms with Crippen LogP contribution in [-0.2, 0) is 4.79 Å². The Morgan fingerprint density at radius 3 is 2.69 bits per heavy atom. The third-order valence-electron chi connectivity index (χ3n) is 2.96. The Morgan fingerprint density at radius 2 is 2.12 bits per heavy atom. The van der Waals surface area contributed by atoms with Gasteiger partial charge in [-0.25, -0.2) is 0 Å². The van der Waals surface area contributed by atoms with Gasteiger partial charge in [-0.15, -0.1) is 0 Å². The molecule has 16 heavy (non-hydrogen) atoms. The zero-order valence-electron chi connectivity index (χ0n) is 9.16. The van der Waals surface area contributed by atoms with E-state index in [1.165, 1.54) is 0 Å². The van der Waals surface area contributed by atoms with Crippen molar-refractivity contribution in [3.05, 3.63) is 34.9 Å². The largest absolute Gasteiger partial charge is 0.348 e. The molecule has 0 radical (unpaired) electrons. The summed E-state index contributed by atoms with van der Waals surface area (Å²) in [6.07, 6.45) is 1.54. The van der Waals surface area contributed by atoms with Crippen LogP contribution in [0, 0.1) is 0 Å². The molecule has 1 aromatic carbocycles. The molecule has 1 aliphatic carbocycles. The molecular weight excluding hydrogens is 224 g/mol. The Kier molecular flexibility index (Phi) is 2.91. The summed E-state index contributed by atoms with van der Waals surface area (Å²) >= 11 is 6.05. The van der Waals surface area contributed by atoms with Crippen LogP contribution < -0.4 is 11.1 Å². The van der Waals surface area contributed by atoms with Gasteiger partial charge in [0.15, 0.2) is 0 Å². The molecule has 0 aliphatic heterocycles. The number of carbonyl (C=O) groups is 1. The van der Waals surface area contributed by atoms with Crippen LogP contribution in [0.25, 0.3) is 0 Å². The number of hydrogen-bond acceptors (Lipinski definition) is 2. The van der Waals surface area contributed by atoms with Crippen molar-refractivity contribution in [2.24, 2.45) is 5.73 Å². The Hall–Kier alpha value is -1.06. The summed E-state index contributed by atoms with van der Waals surface area (Å²) < 4.78 is 0. The predicted molar refractivity (Wildman–Crippen MR) is 64.2 cm³/mol. The molecule has 4 heteroatoms. The van der Waals surface area contributed by atoms with E-state index in [4.69, 9.17) is 17.3 Å². The summed E-state index contributed by atoms with van der Waals surface area (Å²) in [4.78, 5) is 11.7. The SMILES string of the molecule is C[C@@H](NC(=O)C1(N)CC1)c1ccccc1Cl. The molecule has 1 amide bonds. The highest BCUT2D eigenvalue weighted by Gasteiger charge is 2.46. The first-order valence-corrected chi connectivity index (χ1v) is 5.75. The van der Waals surface area contributed by atoms with Crippen LogP contribution in [0.3, 0.4) is 0 Å². The fourth-order valence-electron chi connectivity index (χ4n) is 1.61. The molecule has 3 nitrogen and oxygen atoms in total. The molecule has 1 atom stereocenters. The van der Waals surface area contributed by atoms with Gasteiger partial charge in [-0.1, -0.05) is 29.8 Å². The molecule has 3 N–H and O–H groups in total. The van der Waals surface area contributed by atoms with Crippen molar-refractivity contribution in [3.8, 4) is 0 Å². The zero-order chi connectivity index (χ0) is 11.8. The second-order valence-corrected chi connectivity index (χ2v) is 4.78. The van der Waals surface area contributed by atoms with Crippen molar-refractivity contribution in [2.45, 2.75) is 31.3 Å². The van der Waals surface area contributed by atoms with Gasteiger partial charge in [0.2, 0.25) is 5.91 Å². The van der Waals surface area contributed by atoms with Gasteiger partial charge in [0.1, 0.15) is 0 Å². The lowest BCUT2D eigenvalue weighted by Crippen LogP contribution is -2.43. The summed E-state index contributed by atoms with van der Waals surface area (Å²) in [6, 6.07) is 7.38. The van der Waals surface area contributed by atoms with E-state index in [-0.39, 0.29) is 11.9 Å². The first-order valence-electron chi connectivity index (χ1n) is 5.37. The fourth-order valence-corrected chi connectivity index (χ4v) is 1.91. The molecule has 0 bridgehead atoms. The summed E-state index contributed by atoms with van der Waals surface area (Å²) in [7, 11) is 0. The van der Waals surface area contributed by atoms with Crippen LogP contribution in [-0.4, -0.2) is 11.4 Å². The molecule has 0 heterocycles. The first-order chi connectivity index (χ1) is 7.53. The van der Waals surface area contributed by atoms with Crippen LogP contribution in [0.15, 0.2) is 24.3 Å². The van der Waals surface area contributed by atoms with Gasteiger partial charge in [-0.2, -0.15) is 0 Å². The van der Waals surface area contributed by atoms with Crippen LogP contribution in [0.1, 0.15) is 31.4 Å². The number of carbonyl (C=O) groups excluding carboxylic acids is 1. The molecule has 0 spiro atoms. The topological polar surface area (TPSA) is 55.1 Å². The lowest BCUT2D eigenvalue weighted by Gasteiger charge is -2.18. The van der Waals surface area contributed by atoms with Crippen LogP contribution in [0.5, 0.6) is 0 Å². The van der Waals surface area contributed by atoms with Crippen molar-refractivity contribution in [2.75, 3.05) is 0 Å². The van der Waals surface area contributed by atoms with Gasteiger partial charge in [0.25, 0.3) is 0 Å². The second-order valence-electron chi connectivity index (χ2n) is 4.37. The molecule has 0 unspecified atom stereocenters. The van der Waals surface area contributed by atoms with E-state index in [1.807, 2.05) is 31.2 Å². The maximum Gasteiger partial charge on any atom is 0.240 e. The van der Waals surface area contributed by atoms with E-state index in [0.29, 0.717) is 5.02 Å². The number of hydrogen-bond donors (Lipinski definition) is 2. The van der Waals surface area contributed by atoms with Crippen LogP contribution >= 0.6 is 11.6 Å². The summed E-state index contributed by atoms with van der Waals surface area (Å²) in [5.41, 5.74) is 6.10. The number of nitrogens with two attached hydrogens (primary N) is 1. The van der Waals surface area contributed by atoms with E-state index >= 15 is 0 Å². The second kappa shape index (κ2) is 4.07. The van der Waals surface area contributed by atoms with E-state index in [0.717, 1.165) is 18.4 Å². The average Bonchev–Trinajstić information content (AvgIpc) is 2.98. The summed E-state index contributed by atoms with van der Waals surface area (Å²) in [5.74, 6) is -0.0834. The van der Waals surface area contributed by atoms with E-state index in [2.05, 4.69) is 5.32 Å². The number of rotatable bonds is 3. The Labute approximate surface area is 100.0 Å². The standard InChI is InChI=1S/C12H15ClN2O/c1-8(9-4-2-3-5-10(9)13)15-11(16)12(14)6-7-12/h2-5,8H,6-7,14H2,1H3,(H,15,16)/t8-/m1/s1. The highest BCUT2D eigenvalue weighted by atomic mass is 35.5. The minimum absolute atomic E-state index is 0.0834. The Bertz CT molecular complexity index is 415. The molecule has 0 saturated heterocycles. The Balaban J connectivity index is 2.06. The maximum atomic E-state index is 11.7. The number of nitrogens with one attached hydrogen (secondary N) is 1. The van der Waals surface area contributed by atoms with E-state index < -0.39 is 5.54 Å². The highest BCUT2D eigenvalue weighted by Crippen LogP contribution is 2.33. The first kappa shape index (κ1) is 11.4. The third kappa shape index (κ3) is 2.20. The van der Waals surface area contributed by atoms with Crippen molar-refractivity contribution in [3.63, 3.8) is 0 Å². The predicted octanol–water partition coefficient (Wildman–Crippen LogP) is 2.01. The third-order valence-corrected chi connectivity index (χ3v) is 3.30. The number of amides is 1. The lowest BCUT2D eigenvalue weighted by atomic mass is 10.1. The minimum Gasteiger partial charge on any atom is -0.348 e. The van der Waals surface area contributed by atoms with Gasteiger partial charge >= 0.3 is 0 Å². The summed E-state index contributed by atoms with van der Waals surface area (Å²) in [5, 5.41) is 3.56. The highest BCUT2D eigenvalue weighted by molar-refractivity contribution is 6.31. The van der Waals surface area contributed by atoms with Gasteiger partial charge in [-0.05, 0) is 31.4 Å². The van der Waals surface area contributed by atoms with E-state index in [9.17, 15) is 4.79 Å². The number of halogens is 1. The zero-order valence-corrected chi connectivity index (χ0v) is 9.92. The lowest BCUT2D eigenvalue weighted by molar-refractivity contribution is -0.123.